The Hall–Kier alpha value is -2.28. The minimum absolute atomic E-state index is 0.509. The normalized spacial score (nSPS) is 12.8. The molecule has 3 aromatic rings. The summed E-state index contributed by atoms with van der Waals surface area (Å²) in [6, 6.07) is 7.41. The predicted octanol–water partition coefficient (Wildman–Crippen LogP) is 4.71. The van der Waals surface area contributed by atoms with E-state index in [1.165, 1.54) is 23.5 Å². The van der Waals surface area contributed by atoms with E-state index in [4.69, 9.17) is 0 Å². The second-order valence-corrected chi connectivity index (χ2v) is 6.69. The molecule has 0 bridgehead atoms. The summed E-state index contributed by atoms with van der Waals surface area (Å²) < 4.78 is 42.9. The van der Waals surface area contributed by atoms with Crippen molar-refractivity contribution in [2.45, 2.75) is 20.0 Å². The van der Waals surface area contributed by atoms with Crippen LogP contribution in [0.2, 0.25) is 0 Å². The van der Waals surface area contributed by atoms with E-state index in [9.17, 15) is 13.2 Å². The Kier molecular flexibility index (Phi) is 4.36. The minimum atomic E-state index is -4.36. The van der Waals surface area contributed by atoms with Crippen molar-refractivity contribution in [1.82, 2.24) is 9.13 Å². The summed E-state index contributed by atoms with van der Waals surface area (Å²) in [5, 5.41) is 2.01. The van der Waals surface area contributed by atoms with E-state index >= 15 is 0 Å². The van der Waals surface area contributed by atoms with Crippen LogP contribution in [0.1, 0.15) is 17.0 Å². The first-order valence-electron chi connectivity index (χ1n) is 7.68. The standard InChI is InChI=1S/C18H18F3N3S/c1-11-8-15(16-10-25-17(22-3)23(16)4)12(2)24(11)14-7-5-6-13(9-14)18(19,20)21/h5-10H,1-4H3. The van der Waals surface area contributed by atoms with Gasteiger partial charge in [-0.25, -0.2) is 0 Å². The minimum Gasteiger partial charge on any atom is -0.320 e. The second kappa shape index (κ2) is 6.22. The van der Waals surface area contributed by atoms with E-state index in [-0.39, 0.29) is 0 Å². The Balaban J connectivity index is 2.17. The summed E-state index contributed by atoms with van der Waals surface area (Å²) in [5.41, 5.74) is 3.63. The molecule has 0 N–H and O–H groups in total. The van der Waals surface area contributed by atoms with Crippen molar-refractivity contribution in [2.75, 3.05) is 7.05 Å². The molecule has 0 radical (unpaired) electrons. The second-order valence-electron chi connectivity index (χ2n) is 5.85. The van der Waals surface area contributed by atoms with Crippen LogP contribution in [0.4, 0.5) is 13.2 Å². The van der Waals surface area contributed by atoms with Gasteiger partial charge in [-0.3, -0.25) is 4.99 Å². The van der Waals surface area contributed by atoms with Crippen molar-refractivity contribution in [3.05, 3.63) is 57.5 Å². The fourth-order valence-corrected chi connectivity index (χ4v) is 3.92. The summed E-state index contributed by atoms with van der Waals surface area (Å²) in [7, 11) is 3.67. The molecule has 0 saturated heterocycles. The molecule has 3 nitrogen and oxygen atoms in total. The summed E-state index contributed by atoms with van der Waals surface area (Å²) in [5.74, 6) is 0. The number of nitrogens with zero attached hydrogens (tertiary/aromatic N) is 3. The molecule has 0 amide bonds. The molecular weight excluding hydrogens is 347 g/mol. The highest BCUT2D eigenvalue weighted by Crippen LogP contribution is 2.33. The number of aromatic nitrogens is 2. The molecule has 0 aliphatic heterocycles. The lowest BCUT2D eigenvalue weighted by atomic mass is 10.1. The fraction of sp³-hybridized carbons (Fsp3) is 0.278. The molecule has 25 heavy (non-hydrogen) atoms. The van der Waals surface area contributed by atoms with Crippen LogP contribution < -0.4 is 4.80 Å². The molecule has 7 heteroatoms. The Labute approximate surface area is 147 Å². The first kappa shape index (κ1) is 17.5. The maximum atomic E-state index is 13.0. The third-order valence-electron chi connectivity index (χ3n) is 4.25. The summed E-state index contributed by atoms with van der Waals surface area (Å²) in [6.07, 6.45) is -4.36. The molecule has 0 aliphatic carbocycles. The van der Waals surface area contributed by atoms with Gasteiger partial charge >= 0.3 is 6.18 Å². The van der Waals surface area contributed by atoms with Crippen molar-refractivity contribution in [2.24, 2.45) is 12.0 Å². The largest absolute Gasteiger partial charge is 0.416 e. The summed E-state index contributed by atoms with van der Waals surface area (Å²) >= 11 is 1.53. The van der Waals surface area contributed by atoms with Crippen LogP contribution >= 0.6 is 11.3 Å². The van der Waals surface area contributed by atoms with E-state index in [2.05, 4.69) is 4.99 Å². The third-order valence-corrected chi connectivity index (χ3v) is 5.26. The molecule has 2 heterocycles. The zero-order chi connectivity index (χ0) is 18.4. The average molecular weight is 365 g/mol. The molecule has 132 valence electrons. The zero-order valence-corrected chi connectivity index (χ0v) is 15.2. The van der Waals surface area contributed by atoms with Gasteiger partial charge < -0.3 is 9.13 Å². The topological polar surface area (TPSA) is 22.2 Å². The van der Waals surface area contributed by atoms with Gasteiger partial charge in [-0.1, -0.05) is 6.07 Å². The first-order chi connectivity index (χ1) is 11.7. The average Bonchev–Trinajstić information content (AvgIpc) is 3.06. The number of aryl methyl sites for hydroxylation is 1. The molecule has 0 aliphatic rings. The monoisotopic (exact) mass is 365 g/mol. The van der Waals surface area contributed by atoms with Crippen LogP contribution in [0.5, 0.6) is 0 Å². The number of halogens is 3. The van der Waals surface area contributed by atoms with Gasteiger partial charge in [-0.15, -0.1) is 11.3 Å². The van der Waals surface area contributed by atoms with Crippen molar-refractivity contribution in [1.29, 1.82) is 0 Å². The molecule has 0 spiro atoms. The van der Waals surface area contributed by atoms with Crippen LogP contribution in [0.15, 0.2) is 40.7 Å². The van der Waals surface area contributed by atoms with E-state index < -0.39 is 11.7 Å². The van der Waals surface area contributed by atoms with Gasteiger partial charge in [-0.05, 0) is 38.1 Å². The van der Waals surface area contributed by atoms with Crippen LogP contribution in [-0.2, 0) is 13.2 Å². The quantitative estimate of drug-likeness (QED) is 0.628. The number of thiazole rings is 1. The van der Waals surface area contributed by atoms with E-state index in [1.807, 2.05) is 41.5 Å². The highest BCUT2D eigenvalue weighted by atomic mass is 32.1. The lowest BCUT2D eigenvalue weighted by Gasteiger charge is -2.13. The molecule has 0 saturated carbocycles. The first-order valence-corrected chi connectivity index (χ1v) is 8.56. The molecule has 0 fully saturated rings. The molecular formula is C18H18F3N3S. The number of benzene rings is 1. The molecule has 0 atom stereocenters. The summed E-state index contributed by atoms with van der Waals surface area (Å²) in [6.45, 7) is 3.82. The number of rotatable bonds is 2. The van der Waals surface area contributed by atoms with Gasteiger partial charge in [0.25, 0.3) is 0 Å². The van der Waals surface area contributed by atoms with Crippen molar-refractivity contribution in [3.8, 4) is 16.9 Å². The lowest BCUT2D eigenvalue weighted by Crippen LogP contribution is -2.11. The van der Waals surface area contributed by atoms with Crippen molar-refractivity contribution >= 4 is 11.3 Å². The van der Waals surface area contributed by atoms with E-state index in [0.29, 0.717) is 5.69 Å². The van der Waals surface area contributed by atoms with Gasteiger partial charge in [0.05, 0.1) is 11.3 Å². The third kappa shape index (κ3) is 3.04. The summed E-state index contributed by atoms with van der Waals surface area (Å²) in [4.78, 5) is 5.11. The zero-order valence-electron chi connectivity index (χ0n) is 14.3. The molecule has 0 unspecified atom stereocenters. The van der Waals surface area contributed by atoms with Crippen LogP contribution in [0, 0.1) is 13.8 Å². The molecule has 2 aromatic heterocycles. The van der Waals surface area contributed by atoms with Gasteiger partial charge in [-0.2, -0.15) is 13.2 Å². The van der Waals surface area contributed by atoms with Crippen molar-refractivity contribution < 1.29 is 13.2 Å². The Morgan fingerprint density at radius 3 is 2.44 bits per heavy atom. The highest BCUT2D eigenvalue weighted by Gasteiger charge is 2.30. The highest BCUT2D eigenvalue weighted by molar-refractivity contribution is 7.07. The number of alkyl halides is 3. The maximum Gasteiger partial charge on any atom is 0.416 e. The van der Waals surface area contributed by atoms with Gasteiger partial charge in [0.1, 0.15) is 0 Å². The van der Waals surface area contributed by atoms with Crippen LogP contribution in [0.3, 0.4) is 0 Å². The van der Waals surface area contributed by atoms with E-state index in [1.54, 1.807) is 13.1 Å². The van der Waals surface area contributed by atoms with Crippen molar-refractivity contribution in [3.63, 3.8) is 0 Å². The fourth-order valence-electron chi connectivity index (χ4n) is 3.06. The van der Waals surface area contributed by atoms with Gasteiger partial charge in [0, 0.05) is 42.1 Å². The van der Waals surface area contributed by atoms with Crippen LogP contribution in [0.25, 0.3) is 16.9 Å². The Morgan fingerprint density at radius 2 is 1.84 bits per heavy atom. The lowest BCUT2D eigenvalue weighted by molar-refractivity contribution is -0.137. The van der Waals surface area contributed by atoms with Gasteiger partial charge in [0.15, 0.2) is 4.80 Å². The number of hydrogen-bond acceptors (Lipinski definition) is 2. The van der Waals surface area contributed by atoms with Gasteiger partial charge in [0.2, 0.25) is 0 Å². The number of hydrogen-bond donors (Lipinski definition) is 0. The van der Waals surface area contributed by atoms with Crippen LogP contribution in [-0.4, -0.2) is 16.2 Å². The molecule has 3 rings (SSSR count). The predicted molar refractivity (Wildman–Crippen MR) is 94.0 cm³/mol. The maximum absolute atomic E-state index is 13.0. The van der Waals surface area contributed by atoms with E-state index in [0.717, 1.165) is 33.5 Å². The molecule has 1 aromatic carbocycles. The Bertz CT molecular complexity index is 990. The SMILES string of the molecule is CN=c1scc(-c2cc(C)n(-c3cccc(C(F)(F)F)c3)c2C)n1C. The Morgan fingerprint density at radius 1 is 1.12 bits per heavy atom. The smallest absolute Gasteiger partial charge is 0.320 e.